The summed E-state index contributed by atoms with van der Waals surface area (Å²) < 4.78 is 0. The highest BCUT2D eigenvalue weighted by molar-refractivity contribution is 7.15. The van der Waals surface area contributed by atoms with Crippen LogP contribution in [0, 0.1) is 0 Å². The van der Waals surface area contributed by atoms with Crippen LogP contribution in [-0.4, -0.2) is 18.6 Å². The number of hydrogen-bond donors (Lipinski definition) is 1. The van der Waals surface area contributed by atoms with Gasteiger partial charge in [0.05, 0.1) is 5.69 Å². The zero-order chi connectivity index (χ0) is 12.3. The lowest BCUT2D eigenvalue weighted by Gasteiger charge is -2.16. The molecule has 0 spiro atoms. The molecule has 3 nitrogen and oxygen atoms in total. The normalized spacial score (nSPS) is 19.1. The van der Waals surface area contributed by atoms with Crippen molar-refractivity contribution in [1.29, 1.82) is 0 Å². The molecular weight excluding hydrogens is 230 g/mol. The first-order chi connectivity index (χ1) is 8.22. The van der Waals surface area contributed by atoms with Gasteiger partial charge in [0.1, 0.15) is 0 Å². The average molecular weight is 253 g/mol. The molecule has 1 atom stereocenters. The van der Waals surface area contributed by atoms with Gasteiger partial charge in [0.2, 0.25) is 0 Å². The van der Waals surface area contributed by atoms with Crippen molar-refractivity contribution in [2.45, 2.75) is 51.5 Å². The molecule has 1 unspecified atom stereocenters. The molecule has 0 radical (unpaired) electrons. The number of rotatable bonds is 5. The Kier molecular flexibility index (Phi) is 4.40. The summed E-state index contributed by atoms with van der Waals surface area (Å²) in [7, 11) is 2.14. The summed E-state index contributed by atoms with van der Waals surface area (Å²) in [6.07, 6.45) is 7.31. The van der Waals surface area contributed by atoms with E-state index in [4.69, 9.17) is 10.7 Å². The molecule has 0 saturated heterocycles. The Labute approximate surface area is 108 Å². The number of nitrogens with two attached hydrogens (primary N) is 1. The van der Waals surface area contributed by atoms with E-state index in [1.54, 1.807) is 0 Å². The molecule has 1 aliphatic carbocycles. The third-order valence-electron chi connectivity index (χ3n) is 3.41. The van der Waals surface area contributed by atoms with Gasteiger partial charge in [0.15, 0.2) is 5.13 Å². The Bertz CT molecular complexity index is 362. The van der Waals surface area contributed by atoms with Crippen LogP contribution in [0.2, 0.25) is 0 Å². The van der Waals surface area contributed by atoms with Gasteiger partial charge in [-0.3, -0.25) is 0 Å². The minimum atomic E-state index is 0.174. The summed E-state index contributed by atoms with van der Waals surface area (Å²) in [5, 5.41) is 1.16. The molecule has 17 heavy (non-hydrogen) atoms. The first-order valence-corrected chi connectivity index (χ1v) is 7.50. The number of aryl methyl sites for hydroxylation is 1. The Balaban J connectivity index is 2.01. The lowest BCUT2D eigenvalue weighted by atomic mass is 9.99. The van der Waals surface area contributed by atoms with E-state index < -0.39 is 0 Å². The maximum Gasteiger partial charge on any atom is 0.185 e. The molecule has 2 rings (SSSR count). The summed E-state index contributed by atoms with van der Waals surface area (Å²) in [6, 6.07) is 0.174. The number of unbranched alkanes of at least 4 members (excludes halogenated alkanes) is 2. The first-order valence-electron chi connectivity index (χ1n) is 6.68. The number of thiazole rings is 1. The fourth-order valence-corrected chi connectivity index (χ4v) is 3.46. The topological polar surface area (TPSA) is 42.2 Å². The monoisotopic (exact) mass is 253 g/mol. The van der Waals surface area contributed by atoms with E-state index >= 15 is 0 Å². The molecule has 0 bridgehead atoms. The Morgan fingerprint density at radius 2 is 2.29 bits per heavy atom. The standard InChI is InChI=1S/C13H23N3S/c1-3-4-5-9-16(2)13-15-12-10(14)7-6-8-11(12)17-13/h10H,3-9,14H2,1-2H3. The van der Waals surface area contributed by atoms with E-state index in [1.165, 1.54) is 42.7 Å². The summed E-state index contributed by atoms with van der Waals surface area (Å²) in [5.74, 6) is 0. The van der Waals surface area contributed by atoms with Gasteiger partial charge < -0.3 is 10.6 Å². The Hall–Kier alpha value is -0.610. The van der Waals surface area contributed by atoms with Crippen LogP contribution in [0.15, 0.2) is 0 Å². The second-order valence-electron chi connectivity index (χ2n) is 4.93. The van der Waals surface area contributed by atoms with Crippen molar-refractivity contribution < 1.29 is 0 Å². The van der Waals surface area contributed by atoms with E-state index in [-0.39, 0.29) is 6.04 Å². The third kappa shape index (κ3) is 2.99. The molecule has 4 heteroatoms. The summed E-state index contributed by atoms with van der Waals surface area (Å²) in [4.78, 5) is 8.43. The van der Waals surface area contributed by atoms with Gasteiger partial charge in [0.25, 0.3) is 0 Å². The highest BCUT2D eigenvalue weighted by Crippen LogP contribution is 2.35. The van der Waals surface area contributed by atoms with E-state index in [1.807, 2.05) is 11.3 Å². The van der Waals surface area contributed by atoms with E-state index in [9.17, 15) is 0 Å². The van der Waals surface area contributed by atoms with E-state index in [0.29, 0.717) is 0 Å². The van der Waals surface area contributed by atoms with Crippen LogP contribution in [0.1, 0.15) is 55.6 Å². The van der Waals surface area contributed by atoms with Gasteiger partial charge in [-0.05, 0) is 25.7 Å². The van der Waals surface area contributed by atoms with Crippen molar-refractivity contribution in [3.63, 3.8) is 0 Å². The maximum absolute atomic E-state index is 6.11. The number of nitrogens with zero attached hydrogens (tertiary/aromatic N) is 2. The number of hydrogen-bond acceptors (Lipinski definition) is 4. The SMILES string of the molecule is CCCCCN(C)c1nc2c(s1)CCCC2N. The number of aromatic nitrogens is 1. The minimum Gasteiger partial charge on any atom is -0.351 e. The van der Waals surface area contributed by atoms with Crippen LogP contribution in [0.4, 0.5) is 5.13 Å². The average Bonchev–Trinajstić information content (AvgIpc) is 2.75. The molecule has 0 aliphatic heterocycles. The molecular formula is C13H23N3S. The van der Waals surface area contributed by atoms with Crippen LogP contribution in [0.5, 0.6) is 0 Å². The van der Waals surface area contributed by atoms with E-state index in [2.05, 4.69) is 18.9 Å². The fraction of sp³-hybridized carbons (Fsp3) is 0.769. The molecule has 0 fully saturated rings. The van der Waals surface area contributed by atoms with Crippen LogP contribution in [0.25, 0.3) is 0 Å². The van der Waals surface area contributed by atoms with Gasteiger partial charge in [-0.2, -0.15) is 0 Å². The minimum absolute atomic E-state index is 0.174. The van der Waals surface area contributed by atoms with Crippen molar-refractivity contribution in [3.8, 4) is 0 Å². The molecule has 1 aromatic heterocycles. The van der Waals surface area contributed by atoms with Crippen molar-refractivity contribution in [1.82, 2.24) is 4.98 Å². The summed E-state index contributed by atoms with van der Waals surface area (Å²) in [5.41, 5.74) is 7.27. The van der Waals surface area contributed by atoms with Gasteiger partial charge in [-0.25, -0.2) is 4.98 Å². The molecule has 1 aliphatic rings. The van der Waals surface area contributed by atoms with Gasteiger partial charge in [-0.1, -0.05) is 19.8 Å². The lowest BCUT2D eigenvalue weighted by molar-refractivity contribution is 0.563. The molecule has 0 saturated carbocycles. The molecule has 0 amide bonds. The van der Waals surface area contributed by atoms with Crippen LogP contribution in [0.3, 0.4) is 0 Å². The Morgan fingerprint density at radius 1 is 1.47 bits per heavy atom. The van der Waals surface area contributed by atoms with Gasteiger partial charge >= 0.3 is 0 Å². The maximum atomic E-state index is 6.11. The van der Waals surface area contributed by atoms with Crippen molar-refractivity contribution in [2.75, 3.05) is 18.5 Å². The Morgan fingerprint density at radius 3 is 3.00 bits per heavy atom. The highest BCUT2D eigenvalue weighted by Gasteiger charge is 2.22. The van der Waals surface area contributed by atoms with Gasteiger partial charge in [-0.15, -0.1) is 11.3 Å². The smallest absolute Gasteiger partial charge is 0.185 e. The predicted octanol–water partition coefficient (Wildman–Crippen LogP) is 3.11. The number of fused-ring (bicyclic) bond motifs is 1. The summed E-state index contributed by atoms with van der Waals surface area (Å²) >= 11 is 1.84. The summed E-state index contributed by atoms with van der Waals surface area (Å²) in [6.45, 7) is 3.34. The second-order valence-corrected chi connectivity index (χ2v) is 5.99. The van der Waals surface area contributed by atoms with Crippen molar-refractivity contribution >= 4 is 16.5 Å². The number of anilines is 1. The molecule has 2 N–H and O–H groups in total. The van der Waals surface area contributed by atoms with Crippen molar-refractivity contribution in [3.05, 3.63) is 10.6 Å². The lowest BCUT2D eigenvalue weighted by Crippen LogP contribution is -2.19. The van der Waals surface area contributed by atoms with Crippen LogP contribution in [-0.2, 0) is 6.42 Å². The highest BCUT2D eigenvalue weighted by atomic mass is 32.1. The quantitative estimate of drug-likeness (QED) is 0.820. The predicted molar refractivity (Wildman–Crippen MR) is 74.8 cm³/mol. The fourth-order valence-electron chi connectivity index (χ4n) is 2.30. The zero-order valence-corrected chi connectivity index (χ0v) is 11.7. The first kappa shape index (κ1) is 12.8. The van der Waals surface area contributed by atoms with Crippen molar-refractivity contribution in [2.24, 2.45) is 5.73 Å². The third-order valence-corrected chi connectivity index (χ3v) is 4.66. The molecule has 0 aromatic carbocycles. The van der Waals surface area contributed by atoms with Gasteiger partial charge in [0, 0.05) is 24.5 Å². The zero-order valence-electron chi connectivity index (χ0n) is 10.9. The molecule has 1 aromatic rings. The van der Waals surface area contributed by atoms with Crippen LogP contribution < -0.4 is 10.6 Å². The largest absolute Gasteiger partial charge is 0.351 e. The molecule has 1 heterocycles. The second kappa shape index (κ2) is 5.83. The van der Waals surface area contributed by atoms with E-state index in [0.717, 1.165) is 18.1 Å². The molecule has 96 valence electrons. The van der Waals surface area contributed by atoms with Crippen LogP contribution >= 0.6 is 11.3 Å².